The van der Waals surface area contributed by atoms with Gasteiger partial charge in [-0.25, -0.2) is 14.8 Å². The van der Waals surface area contributed by atoms with Crippen molar-refractivity contribution in [3.05, 3.63) is 84.7 Å². The topological polar surface area (TPSA) is 112 Å². The summed E-state index contributed by atoms with van der Waals surface area (Å²) in [4.78, 5) is 35.0. The lowest BCUT2D eigenvalue weighted by molar-refractivity contribution is 0.0950. The predicted molar refractivity (Wildman–Crippen MR) is 161 cm³/mol. The van der Waals surface area contributed by atoms with Crippen LogP contribution < -0.4 is 10.6 Å². The van der Waals surface area contributed by atoms with E-state index in [1.165, 1.54) is 4.90 Å². The third kappa shape index (κ3) is 6.74. The molecule has 1 saturated carbocycles. The Balaban J connectivity index is 1.36. The van der Waals surface area contributed by atoms with Crippen molar-refractivity contribution in [3.63, 3.8) is 0 Å². The normalized spacial score (nSPS) is 13.4. The summed E-state index contributed by atoms with van der Waals surface area (Å²) in [6.07, 6.45) is 9.53. The van der Waals surface area contributed by atoms with E-state index in [-0.39, 0.29) is 5.91 Å². The number of rotatable bonds is 10. The molecular weight excluding hydrogens is 516 g/mol. The van der Waals surface area contributed by atoms with Gasteiger partial charge in [-0.15, -0.1) is 0 Å². The zero-order valence-corrected chi connectivity index (χ0v) is 23.7. The number of nitrogens with one attached hydrogen (secondary N) is 2. The molecule has 0 unspecified atom stereocenters. The number of hydrogen-bond donors (Lipinski definition) is 3. The fraction of sp³-hybridized carbons (Fsp3) is 0.312. The maximum atomic E-state index is 12.4. The Morgan fingerprint density at radius 2 is 1.78 bits per heavy atom. The zero-order chi connectivity index (χ0) is 29.0. The standard InChI is InChI=1S/C32H36N6O3/c1-32(2,3)38(31(40)41)19-9-5-8-18-33-28-29-34-20-27(37(29)21-26(36-28)22-10-6-4-7-11-22)23-12-14-24(15-13-23)30(39)35-25-16-17-25/h4-7,9-15,20-21,25H,8,16-19H2,1-3H3,(H,33,36)(H,35,39)(H,40,41)/b9-5-. The highest BCUT2D eigenvalue weighted by molar-refractivity contribution is 5.95. The second kappa shape index (κ2) is 11.8. The summed E-state index contributed by atoms with van der Waals surface area (Å²) in [5.74, 6) is 0.621. The fourth-order valence-corrected chi connectivity index (χ4v) is 4.57. The summed E-state index contributed by atoms with van der Waals surface area (Å²) in [7, 11) is 0. The summed E-state index contributed by atoms with van der Waals surface area (Å²) in [6.45, 7) is 6.58. The van der Waals surface area contributed by atoms with E-state index in [4.69, 9.17) is 4.98 Å². The maximum absolute atomic E-state index is 12.4. The minimum atomic E-state index is -0.934. The number of amides is 2. The lowest BCUT2D eigenvalue weighted by Crippen LogP contribution is -2.44. The zero-order valence-electron chi connectivity index (χ0n) is 23.7. The Bertz CT molecular complexity index is 1550. The molecule has 5 rings (SSSR count). The van der Waals surface area contributed by atoms with E-state index < -0.39 is 11.6 Å². The van der Waals surface area contributed by atoms with Gasteiger partial charge in [-0.1, -0.05) is 54.6 Å². The van der Waals surface area contributed by atoms with Gasteiger partial charge in [0.05, 0.1) is 17.6 Å². The summed E-state index contributed by atoms with van der Waals surface area (Å²) >= 11 is 0. The van der Waals surface area contributed by atoms with Crippen LogP contribution in [0.15, 0.2) is 79.1 Å². The SMILES string of the molecule is CC(C)(C)N(C/C=C\CCNc1nc(-c2ccccc2)cn2c(-c3ccc(C(=O)NC4CC4)cc3)cnc12)C(=O)O. The average molecular weight is 553 g/mol. The second-order valence-electron chi connectivity index (χ2n) is 11.3. The Morgan fingerprint density at radius 3 is 2.44 bits per heavy atom. The molecular formula is C32H36N6O3. The molecule has 1 aliphatic carbocycles. The molecule has 1 aliphatic rings. The molecule has 0 aliphatic heterocycles. The number of anilines is 1. The van der Waals surface area contributed by atoms with Crippen LogP contribution in [0.3, 0.4) is 0 Å². The summed E-state index contributed by atoms with van der Waals surface area (Å²) in [5.41, 5.74) is 4.51. The Labute approximate surface area is 239 Å². The predicted octanol–water partition coefficient (Wildman–Crippen LogP) is 6.09. The van der Waals surface area contributed by atoms with Crippen LogP contribution in [0.4, 0.5) is 10.6 Å². The monoisotopic (exact) mass is 552 g/mol. The molecule has 0 radical (unpaired) electrons. The number of benzene rings is 2. The third-order valence-corrected chi connectivity index (χ3v) is 7.02. The molecule has 2 aromatic carbocycles. The first-order chi connectivity index (χ1) is 19.7. The molecule has 2 heterocycles. The summed E-state index contributed by atoms with van der Waals surface area (Å²) < 4.78 is 2.03. The van der Waals surface area contributed by atoms with E-state index in [2.05, 4.69) is 15.6 Å². The molecule has 0 saturated heterocycles. The van der Waals surface area contributed by atoms with Crippen LogP contribution in [-0.4, -0.2) is 61.0 Å². The Morgan fingerprint density at radius 1 is 1.05 bits per heavy atom. The van der Waals surface area contributed by atoms with E-state index in [1.807, 2.05) is 104 Å². The minimum Gasteiger partial charge on any atom is -0.465 e. The van der Waals surface area contributed by atoms with Gasteiger partial charge in [0.15, 0.2) is 11.5 Å². The second-order valence-corrected chi connectivity index (χ2v) is 11.3. The first-order valence-electron chi connectivity index (χ1n) is 13.9. The number of carbonyl (C=O) groups is 2. The fourth-order valence-electron chi connectivity index (χ4n) is 4.57. The molecule has 0 atom stereocenters. The molecule has 0 bridgehead atoms. The minimum absolute atomic E-state index is 0.0395. The largest absolute Gasteiger partial charge is 0.465 e. The van der Waals surface area contributed by atoms with Crippen molar-refractivity contribution in [1.82, 2.24) is 24.6 Å². The van der Waals surface area contributed by atoms with Crippen LogP contribution in [0.25, 0.3) is 28.2 Å². The van der Waals surface area contributed by atoms with E-state index in [0.717, 1.165) is 35.4 Å². The molecule has 2 amide bonds. The number of carbonyl (C=O) groups excluding carboxylic acids is 1. The van der Waals surface area contributed by atoms with Gasteiger partial charge in [-0.3, -0.25) is 14.1 Å². The summed E-state index contributed by atoms with van der Waals surface area (Å²) in [5, 5.41) is 15.9. The van der Waals surface area contributed by atoms with E-state index in [1.54, 1.807) is 0 Å². The van der Waals surface area contributed by atoms with Crippen molar-refractivity contribution in [1.29, 1.82) is 0 Å². The number of fused-ring (bicyclic) bond motifs is 1. The van der Waals surface area contributed by atoms with E-state index in [0.29, 0.717) is 42.6 Å². The van der Waals surface area contributed by atoms with Crippen molar-refractivity contribution in [2.45, 2.75) is 51.6 Å². The van der Waals surface area contributed by atoms with Crippen molar-refractivity contribution >= 4 is 23.5 Å². The van der Waals surface area contributed by atoms with Crippen LogP contribution in [0, 0.1) is 0 Å². The lowest BCUT2D eigenvalue weighted by atomic mass is 10.1. The highest BCUT2D eigenvalue weighted by Gasteiger charge is 2.25. The number of imidazole rings is 1. The molecule has 3 N–H and O–H groups in total. The first-order valence-corrected chi connectivity index (χ1v) is 13.9. The molecule has 0 spiro atoms. The quantitative estimate of drug-likeness (QED) is 0.162. The molecule has 212 valence electrons. The van der Waals surface area contributed by atoms with Gasteiger partial charge in [-0.05, 0) is 52.2 Å². The first kappa shape index (κ1) is 27.9. The average Bonchev–Trinajstić information content (AvgIpc) is 3.66. The maximum Gasteiger partial charge on any atom is 0.408 e. The van der Waals surface area contributed by atoms with Crippen molar-refractivity contribution in [2.24, 2.45) is 0 Å². The Kier molecular flexibility index (Phi) is 8.05. The third-order valence-electron chi connectivity index (χ3n) is 7.02. The van der Waals surface area contributed by atoms with Gasteiger partial charge in [0.25, 0.3) is 5.91 Å². The number of aromatic nitrogens is 3. The highest BCUT2D eigenvalue weighted by atomic mass is 16.4. The van der Waals surface area contributed by atoms with Gasteiger partial charge in [-0.2, -0.15) is 0 Å². The smallest absolute Gasteiger partial charge is 0.408 e. The van der Waals surface area contributed by atoms with Crippen LogP contribution in [0.2, 0.25) is 0 Å². The highest BCUT2D eigenvalue weighted by Crippen LogP contribution is 2.28. The lowest BCUT2D eigenvalue weighted by Gasteiger charge is -2.32. The number of nitrogens with zero attached hydrogens (tertiary/aromatic N) is 4. The molecule has 41 heavy (non-hydrogen) atoms. The van der Waals surface area contributed by atoms with Crippen LogP contribution >= 0.6 is 0 Å². The van der Waals surface area contributed by atoms with Crippen LogP contribution in [-0.2, 0) is 0 Å². The number of carboxylic acid groups (broad SMARTS) is 1. The van der Waals surface area contributed by atoms with Gasteiger partial charge >= 0.3 is 6.09 Å². The number of hydrogen-bond acceptors (Lipinski definition) is 5. The van der Waals surface area contributed by atoms with Gasteiger partial charge in [0, 0.05) is 47.6 Å². The van der Waals surface area contributed by atoms with Gasteiger partial charge < -0.3 is 15.7 Å². The molecule has 9 nitrogen and oxygen atoms in total. The summed E-state index contributed by atoms with van der Waals surface area (Å²) in [6, 6.07) is 17.9. The van der Waals surface area contributed by atoms with E-state index >= 15 is 0 Å². The van der Waals surface area contributed by atoms with Crippen LogP contribution in [0.1, 0.15) is 50.4 Å². The van der Waals surface area contributed by atoms with Crippen molar-refractivity contribution in [3.8, 4) is 22.5 Å². The molecule has 4 aromatic rings. The van der Waals surface area contributed by atoms with Crippen molar-refractivity contribution in [2.75, 3.05) is 18.4 Å². The van der Waals surface area contributed by atoms with Gasteiger partial charge in [0.1, 0.15) is 0 Å². The van der Waals surface area contributed by atoms with Crippen LogP contribution in [0.5, 0.6) is 0 Å². The van der Waals surface area contributed by atoms with Crippen molar-refractivity contribution < 1.29 is 14.7 Å². The molecule has 9 heteroatoms. The van der Waals surface area contributed by atoms with Gasteiger partial charge in [0.2, 0.25) is 0 Å². The molecule has 2 aromatic heterocycles. The molecule has 1 fully saturated rings. The Hall–Kier alpha value is -4.66. The van der Waals surface area contributed by atoms with E-state index in [9.17, 15) is 14.7 Å².